The van der Waals surface area contributed by atoms with Crippen LogP contribution in [0.15, 0.2) is 41.8 Å². The number of carbonyl (C=O) groups is 2. The molecule has 1 amide bonds. The highest BCUT2D eigenvalue weighted by Gasteiger charge is 2.13. The molecular weight excluding hydrogens is 293 g/mol. The molecular formula is C15H14FNO3S. The quantitative estimate of drug-likeness (QED) is 0.864. The minimum atomic E-state index is -0.728. The normalized spacial score (nSPS) is 11.7. The summed E-state index contributed by atoms with van der Waals surface area (Å²) < 4.78 is 17.8. The van der Waals surface area contributed by atoms with Gasteiger partial charge in [-0.3, -0.25) is 4.79 Å². The number of benzene rings is 1. The smallest absolute Gasteiger partial charge is 0.338 e. The van der Waals surface area contributed by atoms with E-state index in [0.717, 1.165) is 10.9 Å². The Morgan fingerprint density at radius 3 is 2.81 bits per heavy atom. The highest BCUT2D eigenvalue weighted by atomic mass is 32.1. The number of hydrogen-bond donors (Lipinski definition) is 1. The lowest BCUT2D eigenvalue weighted by Gasteiger charge is -2.12. The van der Waals surface area contributed by atoms with Crippen LogP contribution < -0.4 is 5.32 Å². The number of carbonyl (C=O) groups excluding carboxylic acids is 2. The average molecular weight is 307 g/mol. The van der Waals surface area contributed by atoms with Crippen molar-refractivity contribution in [1.29, 1.82) is 0 Å². The minimum Gasteiger partial charge on any atom is -0.452 e. The Labute approximate surface area is 125 Å². The van der Waals surface area contributed by atoms with Crippen molar-refractivity contribution < 1.29 is 18.7 Å². The second-order valence-electron chi connectivity index (χ2n) is 4.39. The van der Waals surface area contributed by atoms with Crippen LogP contribution in [0.5, 0.6) is 0 Å². The van der Waals surface area contributed by atoms with E-state index in [2.05, 4.69) is 5.32 Å². The van der Waals surface area contributed by atoms with Gasteiger partial charge in [0.05, 0.1) is 11.6 Å². The van der Waals surface area contributed by atoms with Crippen molar-refractivity contribution in [2.45, 2.75) is 13.0 Å². The molecule has 0 radical (unpaired) electrons. The van der Waals surface area contributed by atoms with Gasteiger partial charge in [-0.15, -0.1) is 11.3 Å². The molecule has 2 rings (SSSR count). The second kappa shape index (κ2) is 6.99. The fourth-order valence-electron chi connectivity index (χ4n) is 1.72. The predicted octanol–water partition coefficient (Wildman–Crippen LogP) is 2.92. The lowest BCUT2D eigenvalue weighted by atomic mass is 10.2. The standard InChI is InChI=1S/C15H14FNO3S/c1-10(13-6-3-7-21-13)17-14(18)9-20-15(19)11-4-2-5-12(16)8-11/h2-8,10H,9H2,1H3,(H,17,18)/t10-/m0/s1. The molecule has 0 saturated carbocycles. The maximum absolute atomic E-state index is 13.0. The zero-order chi connectivity index (χ0) is 15.2. The molecule has 0 aliphatic carbocycles. The summed E-state index contributed by atoms with van der Waals surface area (Å²) in [7, 11) is 0. The molecule has 1 N–H and O–H groups in total. The Morgan fingerprint density at radius 1 is 1.33 bits per heavy atom. The molecule has 0 fully saturated rings. The van der Waals surface area contributed by atoms with Crippen molar-refractivity contribution in [3.63, 3.8) is 0 Å². The number of hydrogen-bond acceptors (Lipinski definition) is 4. The molecule has 2 aromatic rings. The molecule has 0 spiro atoms. The summed E-state index contributed by atoms with van der Waals surface area (Å²) in [5.41, 5.74) is 0.0779. The van der Waals surface area contributed by atoms with Crippen molar-refractivity contribution in [2.75, 3.05) is 6.61 Å². The molecule has 1 aromatic heterocycles. The largest absolute Gasteiger partial charge is 0.452 e. The van der Waals surface area contributed by atoms with Gasteiger partial charge in [0.15, 0.2) is 6.61 Å². The first-order valence-electron chi connectivity index (χ1n) is 6.31. The molecule has 0 aliphatic rings. The van der Waals surface area contributed by atoms with Crippen LogP contribution in [0.3, 0.4) is 0 Å². The highest BCUT2D eigenvalue weighted by molar-refractivity contribution is 7.10. The molecule has 6 heteroatoms. The summed E-state index contributed by atoms with van der Waals surface area (Å²) in [5, 5.41) is 4.64. The van der Waals surface area contributed by atoms with Gasteiger partial charge in [-0.2, -0.15) is 0 Å². The van der Waals surface area contributed by atoms with E-state index < -0.39 is 24.3 Å². The molecule has 0 unspecified atom stereocenters. The van der Waals surface area contributed by atoms with Crippen molar-refractivity contribution in [1.82, 2.24) is 5.32 Å². The van der Waals surface area contributed by atoms with Crippen molar-refractivity contribution in [2.24, 2.45) is 0 Å². The summed E-state index contributed by atoms with van der Waals surface area (Å²) >= 11 is 1.53. The third kappa shape index (κ3) is 4.39. The first-order chi connectivity index (χ1) is 10.1. The summed E-state index contributed by atoms with van der Waals surface area (Å²) in [5.74, 6) is -1.66. The van der Waals surface area contributed by atoms with Crippen LogP contribution in [0.4, 0.5) is 4.39 Å². The van der Waals surface area contributed by atoms with Crippen LogP contribution >= 0.6 is 11.3 Å². The SMILES string of the molecule is C[C@H](NC(=O)COC(=O)c1cccc(F)c1)c1cccs1. The summed E-state index contributed by atoms with van der Waals surface area (Å²) in [6, 6.07) is 8.79. The average Bonchev–Trinajstić information content (AvgIpc) is 2.99. The Kier molecular flexibility index (Phi) is 5.05. The fraction of sp³-hybridized carbons (Fsp3) is 0.200. The van der Waals surface area contributed by atoms with Crippen molar-refractivity contribution in [3.05, 3.63) is 58.0 Å². The Balaban J connectivity index is 1.82. The predicted molar refractivity (Wildman–Crippen MR) is 77.6 cm³/mol. The first kappa shape index (κ1) is 15.2. The Bertz CT molecular complexity index is 628. The van der Waals surface area contributed by atoms with E-state index >= 15 is 0 Å². The topological polar surface area (TPSA) is 55.4 Å². The Morgan fingerprint density at radius 2 is 2.14 bits per heavy atom. The molecule has 21 heavy (non-hydrogen) atoms. The molecule has 0 aliphatic heterocycles. The van der Waals surface area contributed by atoms with Gasteiger partial charge in [-0.1, -0.05) is 12.1 Å². The molecule has 4 nitrogen and oxygen atoms in total. The summed E-state index contributed by atoms with van der Waals surface area (Å²) in [6.45, 7) is 1.45. The zero-order valence-electron chi connectivity index (χ0n) is 11.3. The maximum Gasteiger partial charge on any atom is 0.338 e. The monoisotopic (exact) mass is 307 g/mol. The molecule has 0 saturated heterocycles. The number of thiophene rings is 1. The highest BCUT2D eigenvalue weighted by Crippen LogP contribution is 2.17. The van der Waals surface area contributed by atoms with E-state index in [0.29, 0.717) is 0 Å². The molecule has 1 aromatic carbocycles. The van der Waals surface area contributed by atoms with Crippen LogP contribution in [0, 0.1) is 5.82 Å². The Hall–Kier alpha value is -2.21. The van der Waals surface area contributed by atoms with Gasteiger partial charge in [0.1, 0.15) is 5.82 Å². The van der Waals surface area contributed by atoms with E-state index in [-0.39, 0.29) is 11.6 Å². The van der Waals surface area contributed by atoms with E-state index in [1.807, 2.05) is 24.4 Å². The van der Waals surface area contributed by atoms with Crippen LogP contribution in [-0.4, -0.2) is 18.5 Å². The number of esters is 1. The third-order valence-corrected chi connectivity index (χ3v) is 3.80. The van der Waals surface area contributed by atoms with Crippen LogP contribution in [0.25, 0.3) is 0 Å². The number of ether oxygens (including phenoxy) is 1. The minimum absolute atomic E-state index is 0.0779. The first-order valence-corrected chi connectivity index (χ1v) is 7.19. The van der Waals surface area contributed by atoms with Gasteiger partial charge in [-0.25, -0.2) is 9.18 Å². The van der Waals surface area contributed by atoms with E-state index in [9.17, 15) is 14.0 Å². The second-order valence-corrected chi connectivity index (χ2v) is 5.37. The van der Waals surface area contributed by atoms with Crippen LogP contribution in [-0.2, 0) is 9.53 Å². The molecule has 0 bridgehead atoms. The van der Waals surface area contributed by atoms with Gasteiger partial charge in [-0.05, 0) is 36.6 Å². The van der Waals surface area contributed by atoms with E-state index in [4.69, 9.17) is 4.74 Å². The number of rotatable bonds is 5. The molecule has 1 atom stereocenters. The van der Waals surface area contributed by atoms with Gasteiger partial charge < -0.3 is 10.1 Å². The van der Waals surface area contributed by atoms with Crippen molar-refractivity contribution >= 4 is 23.2 Å². The molecule has 110 valence electrons. The third-order valence-electron chi connectivity index (χ3n) is 2.74. The van der Waals surface area contributed by atoms with Gasteiger partial charge >= 0.3 is 5.97 Å². The van der Waals surface area contributed by atoms with E-state index in [1.165, 1.54) is 29.5 Å². The number of halogens is 1. The maximum atomic E-state index is 13.0. The van der Waals surface area contributed by atoms with Crippen LogP contribution in [0.2, 0.25) is 0 Å². The summed E-state index contributed by atoms with van der Waals surface area (Å²) in [4.78, 5) is 24.4. The van der Waals surface area contributed by atoms with Gasteiger partial charge in [0, 0.05) is 4.88 Å². The van der Waals surface area contributed by atoms with Gasteiger partial charge in [0.2, 0.25) is 0 Å². The number of nitrogens with one attached hydrogen (secondary N) is 1. The van der Waals surface area contributed by atoms with E-state index in [1.54, 1.807) is 0 Å². The summed E-state index contributed by atoms with van der Waals surface area (Å²) in [6.07, 6.45) is 0. The lowest BCUT2D eigenvalue weighted by molar-refractivity contribution is -0.124. The zero-order valence-corrected chi connectivity index (χ0v) is 12.2. The van der Waals surface area contributed by atoms with Crippen LogP contribution in [0.1, 0.15) is 28.2 Å². The van der Waals surface area contributed by atoms with Crippen molar-refractivity contribution in [3.8, 4) is 0 Å². The fourth-order valence-corrected chi connectivity index (χ4v) is 2.46. The van der Waals surface area contributed by atoms with Gasteiger partial charge in [0.25, 0.3) is 5.91 Å². The molecule has 1 heterocycles. The lowest BCUT2D eigenvalue weighted by Crippen LogP contribution is -2.30. The number of amides is 1.